The lowest BCUT2D eigenvalue weighted by molar-refractivity contribution is 0.0159. The number of phenols is 1. The predicted octanol–water partition coefficient (Wildman–Crippen LogP) is 3.55. The predicted molar refractivity (Wildman–Crippen MR) is 77.9 cm³/mol. The van der Waals surface area contributed by atoms with Crippen molar-refractivity contribution in [3.8, 4) is 5.75 Å². The van der Waals surface area contributed by atoms with Crippen LogP contribution < -0.4 is 0 Å². The standard InChI is InChI=1S/C16H23NO3/c1-10-12-8-9-17(15(19)20-16(3,4)5)11(2)13(12)6-7-14(10)18/h6-7,11,18H,8-9H2,1-5H3. The molecule has 0 radical (unpaired) electrons. The Morgan fingerprint density at radius 2 is 2.05 bits per heavy atom. The maximum absolute atomic E-state index is 12.2. The van der Waals surface area contributed by atoms with Gasteiger partial charge in [0.25, 0.3) is 0 Å². The molecule has 0 bridgehead atoms. The topological polar surface area (TPSA) is 49.8 Å². The van der Waals surface area contributed by atoms with E-state index in [0.717, 1.165) is 23.1 Å². The molecule has 2 rings (SSSR count). The largest absolute Gasteiger partial charge is 0.508 e. The van der Waals surface area contributed by atoms with Gasteiger partial charge in [0.1, 0.15) is 11.4 Å². The van der Waals surface area contributed by atoms with Crippen molar-refractivity contribution in [1.82, 2.24) is 4.90 Å². The molecule has 0 saturated heterocycles. The average molecular weight is 277 g/mol. The molecule has 0 aromatic heterocycles. The number of carbonyl (C=O) groups excluding carboxylic acids is 1. The van der Waals surface area contributed by atoms with E-state index >= 15 is 0 Å². The van der Waals surface area contributed by atoms with Gasteiger partial charge in [-0.2, -0.15) is 0 Å². The minimum atomic E-state index is -0.484. The third kappa shape index (κ3) is 2.74. The van der Waals surface area contributed by atoms with Gasteiger partial charge in [-0.1, -0.05) is 6.07 Å². The summed E-state index contributed by atoms with van der Waals surface area (Å²) in [7, 11) is 0. The molecule has 1 N–H and O–H groups in total. The summed E-state index contributed by atoms with van der Waals surface area (Å²) in [4.78, 5) is 14.0. The van der Waals surface area contributed by atoms with Gasteiger partial charge in [-0.15, -0.1) is 0 Å². The minimum Gasteiger partial charge on any atom is -0.508 e. The van der Waals surface area contributed by atoms with E-state index in [1.165, 1.54) is 0 Å². The number of phenolic OH excluding ortho intramolecular Hbond substituents is 1. The van der Waals surface area contributed by atoms with Crippen molar-refractivity contribution in [3.63, 3.8) is 0 Å². The molecule has 1 atom stereocenters. The molecule has 1 unspecified atom stereocenters. The van der Waals surface area contributed by atoms with E-state index in [-0.39, 0.29) is 12.1 Å². The summed E-state index contributed by atoms with van der Waals surface area (Å²) in [5, 5.41) is 9.78. The van der Waals surface area contributed by atoms with Crippen molar-refractivity contribution >= 4 is 6.09 Å². The Hall–Kier alpha value is -1.71. The van der Waals surface area contributed by atoms with E-state index in [1.54, 1.807) is 11.0 Å². The van der Waals surface area contributed by atoms with Crippen LogP contribution in [0.5, 0.6) is 5.75 Å². The number of hydrogen-bond donors (Lipinski definition) is 1. The lowest BCUT2D eigenvalue weighted by atomic mass is 9.90. The number of ether oxygens (including phenoxy) is 1. The number of nitrogens with zero attached hydrogens (tertiary/aromatic N) is 1. The van der Waals surface area contributed by atoms with E-state index in [0.29, 0.717) is 12.3 Å². The van der Waals surface area contributed by atoms with E-state index in [2.05, 4.69) is 0 Å². The summed E-state index contributed by atoms with van der Waals surface area (Å²) in [6, 6.07) is 3.56. The number of hydrogen-bond acceptors (Lipinski definition) is 3. The number of fused-ring (bicyclic) bond motifs is 1. The summed E-state index contributed by atoms with van der Waals surface area (Å²) in [6.07, 6.45) is 0.473. The molecular weight excluding hydrogens is 254 g/mol. The van der Waals surface area contributed by atoms with Gasteiger partial charge in [-0.05, 0) is 63.8 Å². The Morgan fingerprint density at radius 1 is 1.40 bits per heavy atom. The van der Waals surface area contributed by atoms with Crippen LogP contribution in [-0.4, -0.2) is 28.2 Å². The monoisotopic (exact) mass is 277 g/mol. The minimum absolute atomic E-state index is 0.0344. The van der Waals surface area contributed by atoms with E-state index in [9.17, 15) is 9.90 Å². The highest BCUT2D eigenvalue weighted by Gasteiger charge is 2.31. The first-order valence-corrected chi connectivity index (χ1v) is 7.01. The van der Waals surface area contributed by atoms with Crippen LogP contribution in [0.25, 0.3) is 0 Å². The average Bonchev–Trinajstić information content (AvgIpc) is 2.32. The Kier molecular flexibility index (Phi) is 3.67. The van der Waals surface area contributed by atoms with E-state index in [1.807, 2.05) is 40.7 Å². The third-order valence-electron chi connectivity index (χ3n) is 3.75. The molecule has 0 saturated carbocycles. The van der Waals surface area contributed by atoms with E-state index < -0.39 is 5.60 Å². The number of rotatable bonds is 0. The van der Waals surface area contributed by atoms with Gasteiger partial charge in [-0.3, -0.25) is 0 Å². The Labute approximate surface area is 120 Å². The molecule has 4 nitrogen and oxygen atoms in total. The van der Waals surface area contributed by atoms with Crippen molar-refractivity contribution < 1.29 is 14.6 Å². The molecule has 1 aliphatic rings. The second-order valence-corrected chi connectivity index (χ2v) is 6.38. The van der Waals surface area contributed by atoms with Crippen molar-refractivity contribution in [3.05, 3.63) is 28.8 Å². The molecule has 1 aromatic rings. The van der Waals surface area contributed by atoms with Crippen molar-refractivity contribution in [2.24, 2.45) is 0 Å². The fraction of sp³-hybridized carbons (Fsp3) is 0.562. The maximum atomic E-state index is 12.2. The molecule has 20 heavy (non-hydrogen) atoms. The Balaban J connectivity index is 2.26. The van der Waals surface area contributed by atoms with Crippen LogP contribution in [-0.2, 0) is 11.2 Å². The number of benzene rings is 1. The lowest BCUT2D eigenvalue weighted by Crippen LogP contribution is -2.42. The maximum Gasteiger partial charge on any atom is 0.410 e. The first-order chi connectivity index (χ1) is 9.20. The van der Waals surface area contributed by atoms with Crippen LogP contribution >= 0.6 is 0 Å². The fourth-order valence-corrected chi connectivity index (χ4v) is 2.65. The van der Waals surface area contributed by atoms with Crippen LogP contribution in [0.2, 0.25) is 0 Å². The molecule has 1 aromatic carbocycles. The fourth-order valence-electron chi connectivity index (χ4n) is 2.65. The van der Waals surface area contributed by atoms with Crippen LogP contribution in [0.1, 0.15) is 50.4 Å². The number of aromatic hydroxyl groups is 1. The summed E-state index contributed by atoms with van der Waals surface area (Å²) >= 11 is 0. The highest BCUT2D eigenvalue weighted by molar-refractivity contribution is 5.69. The summed E-state index contributed by atoms with van der Waals surface area (Å²) in [5.74, 6) is 0.321. The van der Waals surface area contributed by atoms with Crippen molar-refractivity contribution in [2.75, 3.05) is 6.54 Å². The highest BCUT2D eigenvalue weighted by Crippen LogP contribution is 2.35. The third-order valence-corrected chi connectivity index (χ3v) is 3.75. The molecule has 0 aliphatic carbocycles. The zero-order valence-electron chi connectivity index (χ0n) is 12.9. The molecular formula is C16H23NO3. The molecule has 0 spiro atoms. The summed E-state index contributed by atoms with van der Waals surface area (Å²) < 4.78 is 5.45. The van der Waals surface area contributed by atoms with Crippen molar-refractivity contribution in [1.29, 1.82) is 0 Å². The Morgan fingerprint density at radius 3 is 2.65 bits per heavy atom. The van der Waals surface area contributed by atoms with Gasteiger partial charge in [-0.25, -0.2) is 4.79 Å². The Bertz CT molecular complexity index is 531. The van der Waals surface area contributed by atoms with Gasteiger partial charge in [0.2, 0.25) is 0 Å². The highest BCUT2D eigenvalue weighted by atomic mass is 16.6. The first-order valence-electron chi connectivity index (χ1n) is 7.01. The smallest absolute Gasteiger partial charge is 0.410 e. The van der Waals surface area contributed by atoms with Crippen LogP contribution in [0.4, 0.5) is 4.79 Å². The quantitative estimate of drug-likeness (QED) is 0.789. The molecule has 1 heterocycles. The second-order valence-electron chi connectivity index (χ2n) is 6.38. The second kappa shape index (κ2) is 5.00. The SMILES string of the molecule is Cc1c(O)ccc2c1CCN(C(=O)OC(C)(C)C)C2C. The number of carbonyl (C=O) groups is 1. The van der Waals surface area contributed by atoms with Gasteiger partial charge >= 0.3 is 6.09 Å². The molecule has 1 aliphatic heterocycles. The summed E-state index contributed by atoms with van der Waals surface area (Å²) in [6.45, 7) is 10.1. The summed E-state index contributed by atoms with van der Waals surface area (Å²) in [5.41, 5.74) is 2.68. The van der Waals surface area contributed by atoms with Crippen LogP contribution in [0.15, 0.2) is 12.1 Å². The van der Waals surface area contributed by atoms with Crippen molar-refractivity contribution in [2.45, 2.75) is 52.7 Å². The van der Waals surface area contributed by atoms with Gasteiger partial charge in [0.15, 0.2) is 0 Å². The zero-order chi connectivity index (χ0) is 15.1. The molecule has 110 valence electrons. The van der Waals surface area contributed by atoms with Gasteiger partial charge in [0.05, 0.1) is 6.04 Å². The van der Waals surface area contributed by atoms with E-state index in [4.69, 9.17) is 4.74 Å². The zero-order valence-corrected chi connectivity index (χ0v) is 12.9. The first kappa shape index (κ1) is 14.7. The van der Waals surface area contributed by atoms with Gasteiger partial charge in [0, 0.05) is 6.54 Å². The molecule has 1 amide bonds. The lowest BCUT2D eigenvalue weighted by Gasteiger charge is -2.37. The van der Waals surface area contributed by atoms with Crippen LogP contribution in [0.3, 0.4) is 0 Å². The molecule has 4 heteroatoms. The van der Waals surface area contributed by atoms with Gasteiger partial charge < -0.3 is 14.7 Å². The molecule has 0 fully saturated rings. The normalized spacial score (nSPS) is 18.6. The number of amides is 1. The van der Waals surface area contributed by atoms with Crippen LogP contribution in [0, 0.1) is 6.92 Å².